The molecule has 6 rings (SSSR count). The number of hydrogen-bond donors (Lipinski definition) is 0. The zero-order chi connectivity index (χ0) is 32.9. The number of hydrogen-bond acceptors (Lipinski definition) is 9. The van der Waals surface area contributed by atoms with Crippen LogP contribution in [0.2, 0.25) is 5.02 Å². The van der Waals surface area contributed by atoms with Gasteiger partial charge in [0.1, 0.15) is 36.5 Å². The van der Waals surface area contributed by atoms with E-state index in [0.29, 0.717) is 77.2 Å². The highest BCUT2D eigenvalue weighted by molar-refractivity contribution is 6.30. The molecule has 0 aliphatic carbocycles. The predicted molar refractivity (Wildman–Crippen MR) is 176 cm³/mol. The van der Waals surface area contributed by atoms with E-state index in [0.717, 1.165) is 0 Å². The van der Waals surface area contributed by atoms with Crippen LogP contribution in [0.5, 0.6) is 11.5 Å². The Morgan fingerprint density at radius 1 is 0.979 bits per heavy atom. The number of amides is 1. The lowest BCUT2D eigenvalue weighted by Crippen LogP contribution is -2.50. The second-order valence-corrected chi connectivity index (χ2v) is 11.9. The zero-order valence-corrected chi connectivity index (χ0v) is 26.8. The second-order valence-electron chi connectivity index (χ2n) is 11.5. The Bertz CT molecular complexity index is 1940. The summed E-state index contributed by atoms with van der Waals surface area (Å²) in [6.07, 6.45) is 2.66. The number of piperazine rings is 1. The molecule has 0 radical (unpaired) electrons. The van der Waals surface area contributed by atoms with Gasteiger partial charge in [0, 0.05) is 36.8 Å². The summed E-state index contributed by atoms with van der Waals surface area (Å²) in [5.74, 6) is 1.22. The molecular formula is C34H34ClN7O5. The Morgan fingerprint density at radius 3 is 2.47 bits per heavy atom. The number of aromatic nitrogens is 5. The highest BCUT2D eigenvalue weighted by Crippen LogP contribution is 2.27. The summed E-state index contributed by atoms with van der Waals surface area (Å²) in [4.78, 5) is 53.1. The smallest absolute Gasteiger partial charge is 0.266 e. The molecule has 0 spiro atoms. The molecule has 242 valence electrons. The highest BCUT2D eigenvalue weighted by Gasteiger charge is 2.25. The maximum absolute atomic E-state index is 14.2. The van der Waals surface area contributed by atoms with Crippen molar-refractivity contribution in [2.45, 2.75) is 33.0 Å². The number of halogens is 1. The quantitative estimate of drug-likeness (QED) is 0.194. The Morgan fingerprint density at radius 2 is 1.74 bits per heavy atom. The first-order valence-corrected chi connectivity index (χ1v) is 15.7. The molecule has 2 aromatic heterocycles. The Balaban J connectivity index is 1.27. The third-order valence-electron chi connectivity index (χ3n) is 7.77. The first-order chi connectivity index (χ1) is 22.7. The maximum Gasteiger partial charge on any atom is 0.266 e. The normalized spacial score (nSPS) is 13.7. The van der Waals surface area contributed by atoms with Crippen LogP contribution in [0, 0.1) is 0 Å². The van der Waals surface area contributed by atoms with Crippen LogP contribution in [0.4, 0.5) is 0 Å². The van der Waals surface area contributed by atoms with Crippen LogP contribution in [-0.4, -0.2) is 84.7 Å². The van der Waals surface area contributed by atoms with Gasteiger partial charge in [0.25, 0.3) is 11.5 Å². The van der Waals surface area contributed by atoms with Crippen LogP contribution in [0.25, 0.3) is 16.6 Å². The number of ether oxygens (including phenoxy) is 2. The third kappa shape index (κ3) is 7.50. The summed E-state index contributed by atoms with van der Waals surface area (Å²) in [5, 5.41) is 5.09. The molecule has 0 bridgehead atoms. The molecule has 13 heteroatoms. The van der Waals surface area contributed by atoms with E-state index >= 15 is 0 Å². The van der Waals surface area contributed by atoms with Gasteiger partial charge in [-0.25, -0.2) is 14.6 Å². The van der Waals surface area contributed by atoms with Gasteiger partial charge in [0.2, 0.25) is 0 Å². The molecule has 0 saturated carbocycles. The molecule has 3 aromatic carbocycles. The molecule has 0 N–H and O–H groups in total. The summed E-state index contributed by atoms with van der Waals surface area (Å²) in [6.45, 7) is 6.19. The van der Waals surface area contributed by atoms with Gasteiger partial charge in [-0.2, -0.15) is 5.10 Å². The summed E-state index contributed by atoms with van der Waals surface area (Å²) in [6, 6.07) is 19.1. The van der Waals surface area contributed by atoms with Gasteiger partial charge in [-0.3, -0.25) is 23.9 Å². The summed E-state index contributed by atoms with van der Waals surface area (Å²) >= 11 is 5.94. The van der Waals surface area contributed by atoms with Gasteiger partial charge >= 0.3 is 0 Å². The lowest BCUT2D eigenvalue weighted by atomic mass is 10.1. The van der Waals surface area contributed by atoms with Gasteiger partial charge in [-0.05, 0) is 68.4 Å². The monoisotopic (exact) mass is 655 g/mol. The maximum atomic E-state index is 14.2. The minimum Gasteiger partial charge on any atom is -0.489 e. The number of benzene rings is 3. The van der Waals surface area contributed by atoms with Crippen molar-refractivity contribution in [3.63, 3.8) is 0 Å². The SMILES string of the molecule is CC(C)Oc1ccc(C(=O)Cn2cncn2)cc1-n1c(CN2CCN(C(=O)COc3ccc(Cl)cc3)CC2)nc2ccccc2c1=O. The largest absolute Gasteiger partial charge is 0.489 e. The average molecular weight is 656 g/mol. The molecule has 0 atom stereocenters. The van der Waals surface area contributed by atoms with Gasteiger partial charge in [-0.15, -0.1) is 0 Å². The van der Waals surface area contributed by atoms with Crippen LogP contribution >= 0.6 is 11.6 Å². The number of nitrogens with zero attached hydrogens (tertiary/aromatic N) is 7. The van der Waals surface area contributed by atoms with Gasteiger partial charge in [0.05, 0.1) is 29.2 Å². The van der Waals surface area contributed by atoms with E-state index in [-0.39, 0.29) is 36.5 Å². The first-order valence-electron chi connectivity index (χ1n) is 15.3. The lowest BCUT2D eigenvalue weighted by Gasteiger charge is -2.34. The molecule has 1 aliphatic rings. The lowest BCUT2D eigenvalue weighted by molar-refractivity contribution is -0.135. The van der Waals surface area contributed by atoms with E-state index in [2.05, 4.69) is 15.0 Å². The Kier molecular flexibility index (Phi) is 9.60. The first kappa shape index (κ1) is 31.9. The molecular weight excluding hydrogens is 622 g/mol. The summed E-state index contributed by atoms with van der Waals surface area (Å²) < 4.78 is 14.8. The Labute approximate surface area is 276 Å². The molecule has 1 saturated heterocycles. The van der Waals surface area contributed by atoms with Crippen LogP contribution in [0.3, 0.4) is 0 Å². The van der Waals surface area contributed by atoms with E-state index in [9.17, 15) is 14.4 Å². The molecule has 1 fully saturated rings. The number of carbonyl (C=O) groups is 2. The van der Waals surface area contributed by atoms with E-state index in [4.69, 9.17) is 26.1 Å². The fourth-order valence-corrected chi connectivity index (χ4v) is 5.55. The molecule has 47 heavy (non-hydrogen) atoms. The van der Waals surface area contributed by atoms with Crippen molar-refractivity contribution in [2.24, 2.45) is 0 Å². The van der Waals surface area contributed by atoms with Crippen molar-refractivity contribution >= 4 is 34.2 Å². The van der Waals surface area contributed by atoms with Gasteiger partial charge in [0.15, 0.2) is 12.4 Å². The fourth-order valence-electron chi connectivity index (χ4n) is 5.43. The molecule has 3 heterocycles. The van der Waals surface area contributed by atoms with Crippen molar-refractivity contribution in [3.05, 3.63) is 106 Å². The molecule has 0 unspecified atom stereocenters. The van der Waals surface area contributed by atoms with Crippen LogP contribution < -0.4 is 15.0 Å². The van der Waals surface area contributed by atoms with Crippen molar-refractivity contribution < 1.29 is 19.1 Å². The third-order valence-corrected chi connectivity index (χ3v) is 8.02. The zero-order valence-electron chi connectivity index (χ0n) is 26.1. The van der Waals surface area contributed by atoms with Crippen LogP contribution in [0.15, 0.2) is 84.2 Å². The standard InChI is InChI=1S/C34H34ClN7O5/c1-23(2)47-31-12-7-24(30(43)18-41-22-36-21-37-41)17-29(31)42-32(38-28-6-4-3-5-27(28)34(42)45)19-39-13-15-40(16-14-39)33(44)20-46-26-10-8-25(35)9-11-26/h3-12,17,21-23H,13-16,18-20H2,1-2H3. The minimum absolute atomic E-state index is 0.00467. The average Bonchev–Trinajstić information content (AvgIpc) is 3.58. The van der Waals surface area contributed by atoms with Gasteiger partial charge in [-0.1, -0.05) is 23.7 Å². The van der Waals surface area contributed by atoms with Crippen molar-refractivity contribution in [1.29, 1.82) is 0 Å². The van der Waals surface area contributed by atoms with Gasteiger partial charge < -0.3 is 14.4 Å². The van der Waals surface area contributed by atoms with Crippen LogP contribution in [0.1, 0.15) is 30.0 Å². The fraction of sp³-hybridized carbons (Fsp3) is 0.294. The minimum atomic E-state index is -0.270. The van der Waals surface area contributed by atoms with Crippen molar-refractivity contribution in [2.75, 3.05) is 32.8 Å². The highest BCUT2D eigenvalue weighted by atomic mass is 35.5. The molecule has 1 amide bonds. The number of ketones is 1. The predicted octanol–water partition coefficient (Wildman–Crippen LogP) is 4.02. The van der Waals surface area contributed by atoms with Crippen LogP contribution in [-0.2, 0) is 17.9 Å². The van der Waals surface area contributed by atoms with E-state index < -0.39 is 0 Å². The topological polar surface area (TPSA) is 125 Å². The number of carbonyl (C=O) groups excluding carboxylic acids is 2. The second kappa shape index (κ2) is 14.1. The van der Waals surface area contributed by atoms with E-state index in [1.807, 2.05) is 26.0 Å². The molecule has 12 nitrogen and oxygen atoms in total. The van der Waals surface area contributed by atoms with Crippen molar-refractivity contribution in [3.8, 4) is 17.2 Å². The summed E-state index contributed by atoms with van der Waals surface area (Å²) in [5.41, 5.74) is 1.12. The van der Waals surface area contributed by atoms with E-state index in [1.165, 1.54) is 17.3 Å². The number of para-hydroxylation sites is 1. The number of rotatable bonds is 11. The number of Topliss-reactive ketones (excluding diaryl/α,β-unsaturated/α-hetero) is 1. The molecule has 1 aliphatic heterocycles. The molecule has 5 aromatic rings. The van der Waals surface area contributed by atoms with E-state index in [1.54, 1.807) is 64.1 Å². The number of fused-ring (bicyclic) bond motifs is 1. The Hall–Kier alpha value is -5.07. The summed E-state index contributed by atoms with van der Waals surface area (Å²) in [7, 11) is 0. The van der Waals surface area contributed by atoms with Crippen molar-refractivity contribution in [1.82, 2.24) is 34.1 Å².